The summed E-state index contributed by atoms with van der Waals surface area (Å²) >= 11 is 0. The lowest BCUT2D eigenvalue weighted by Crippen LogP contribution is -1.98. The van der Waals surface area contributed by atoms with Crippen molar-refractivity contribution in [3.8, 4) is 11.5 Å². The Kier molecular flexibility index (Phi) is 3.52. The van der Waals surface area contributed by atoms with Crippen LogP contribution in [0.5, 0.6) is 11.5 Å². The van der Waals surface area contributed by atoms with E-state index in [1.54, 1.807) is 21.3 Å². The smallest absolute Gasteiger partial charge is 0.164 e. The van der Waals surface area contributed by atoms with Crippen LogP contribution in [0.3, 0.4) is 0 Å². The Bertz CT molecular complexity index is 429. The van der Waals surface area contributed by atoms with Crippen molar-refractivity contribution in [1.82, 2.24) is 0 Å². The van der Waals surface area contributed by atoms with Crippen molar-refractivity contribution in [2.45, 2.75) is 18.8 Å². The summed E-state index contributed by atoms with van der Waals surface area (Å²) in [5.41, 5.74) is 2.47. The van der Waals surface area contributed by atoms with Gasteiger partial charge in [0.2, 0.25) is 0 Å². The molecule has 2 rings (SSSR count). The molecule has 4 nitrogen and oxygen atoms in total. The highest BCUT2D eigenvalue weighted by molar-refractivity contribution is 5.71. The summed E-state index contributed by atoms with van der Waals surface area (Å²) in [6.45, 7) is 0. The van der Waals surface area contributed by atoms with Crippen molar-refractivity contribution < 1.29 is 14.3 Å². The fourth-order valence-electron chi connectivity index (χ4n) is 2.36. The average molecular weight is 235 g/mol. The average Bonchev–Trinajstić information content (AvgIpc) is 2.78. The van der Waals surface area contributed by atoms with Crippen molar-refractivity contribution >= 4 is 6.21 Å². The lowest BCUT2D eigenvalue weighted by atomic mass is 10.0. The number of ether oxygens (including phenoxy) is 2. The van der Waals surface area contributed by atoms with Crippen molar-refractivity contribution in [2.24, 2.45) is 5.16 Å². The largest absolute Gasteiger partial charge is 0.493 e. The number of hydrogen-bond donors (Lipinski definition) is 0. The number of benzene rings is 1. The molecule has 0 saturated carbocycles. The van der Waals surface area contributed by atoms with Crippen LogP contribution >= 0.6 is 0 Å². The Balaban J connectivity index is 2.38. The number of fused-ring (bicyclic) bond motifs is 1. The van der Waals surface area contributed by atoms with Gasteiger partial charge in [0.25, 0.3) is 0 Å². The Morgan fingerprint density at radius 2 is 2.06 bits per heavy atom. The van der Waals surface area contributed by atoms with Crippen LogP contribution in [0.15, 0.2) is 17.3 Å². The highest BCUT2D eigenvalue weighted by Crippen LogP contribution is 2.42. The minimum Gasteiger partial charge on any atom is -0.493 e. The third kappa shape index (κ3) is 2.07. The summed E-state index contributed by atoms with van der Waals surface area (Å²) in [6, 6.07) is 4.02. The van der Waals surface area contributed by atoms with E-state index in [0.717, 1.165) is 24.3 Å². The number of nitrogens with zero attached hydrogens (tertiary/aromatic N) is 1. The quantitative estimate of drug-likeness (QED) is 0.594. The lowest BCUT2D eigenvalue weighted by Gasteiger charge is -2.12. The van der Waals surface area contributed by atoms with Crippen LogP contribution in [0.1, 0.15) is 23.5 Å². The van der Waals surface area contributed by atoms with Crippen molar-refractivity contribution in [2.75, 3.05) is 21.3 Å². The normalized spacial score (nSPS) is 18.2. The van der Waals surface area contributed by atoms with Gasteiger partial charge >= 0.3 is 0 Å². The van der Waals surface area contributed by atoms with Gasteiger partial charge in [0.15, 0.2) is 11.5 Å². The molecule has 0 spiro atoms. The van der Waals surface area contributed by atoms with E-state index in [1.165, 1.54) is 11.1 Å². The Labute approximate surface area is 101 Å². The summed E-state index contributed by atoms with van der Waals surface area (Å²) in [7, 11) is 4.89. The molecular weight excluding hydrogens is 218 g/mol. The number of methoxy groups -OCH3 is 2. The second kappa shape index (κ2) is 5.08. The summed E-state index contributed by atoms with van der Waals surface area (Å²) in [5, 5.41) is 3.85. The first-order chi connectivity index (χ1) is 8.31. The topological polar surface area (TPSA) is 40.0 Å². The molecule has 1 aliphatic rings. The van der Waals surface area contributed by atoms with E-state index in [0.29, 0.717) is 5.92 Å². The second-order valence-electron chi connectivity index (χ2n) is 3.95. The number of oxime groups is 1. The SMILES string of the molecule is CO/N=C\[C@@H]1CCc2c1ccc(OC)c2OC. The van der Waals surface area contributed by atoms with Gasteiger partial charge in [-0.1, -0.05) is 11.2 Å². The van der Waals surface area contributed by atoms with E-state index < -0.39 is 0 Å². The van der Waals surface area contributed by atoms with Gasteiger partial charge in [-0.2, -0.15) is 0 Å². The molecular formula is C13H17NO3. The van der Waals surface area contributed by atoms with Crippen molar-refractivity contribution in [3.63, 3.8) is 0 Å². The van der Waals surface area contributed by atoms with E-state index >= 15 is 0 Å². The summed E-state index contributed by atoms with van der Waals surface area (Å²) in [5.74, 6) is 1.94. The molecule has 0 amide bonds. The summed E-state index contributed by atoms with van der Waals surface area (Å²) < 4.78 is 10.7. The van der Waals surface area contributed by atoms with E-state index in [2.05, 4.69) is 11.2 Å². The highest BCUT2D eigenvalue weighted by Gasteiger charge is 2.26. The van der Waals surface area contributed by atoms with Crippen molar-refractivity contribution in [3.05, 3.63) is 23.3 Å². The maximum absolute atomic E-state index is 5.43. The second-order valence-corrected chi connectivity index (χ2v) is 3.95. The molecule has 1 aromatic rings. The molecule has 0 radical (unpaired) electrons. The van der Waals surface area contributed by atoms with Gasteiger partial charge < -0.3 is 14.3 Å². The monoisotopic (exact) mass is 235 g/mol. The zero-order valence-electron chi connectivity index (χ0n) is 10.4. The molecule has 0 fully saturated rings. The fraction of sp³-hybridized carbons (Fsp3) is 0.462. The van der Waals surface area contributed by atoms with Crippen LogP contribution in [-0.2, 0) is 11.3 Å². The van der Waals surface area contributed by atoms with Gasteiger partial charge in [0, 0.05) is 11.5 Å². The van der Waals surface area contributed by atoms with Crippen LogP contribution in [0.25, 0.3) is 0 Å². The predicted octanol–water partition coefficient (Wildman–Crippen LogP) is 2.37. The molecule has 4 heteroatoms. The Morgan fingerprint density at radius 3 is 2.71 bits per heavy atom. The number of hydrogen-bond acceptors (Lipinski definition) is 4. The van der Waals surface area contributed by atoms with E-state index in [1.807, 2.05) is 12.3 Å². The maximum Gasteiger partial charge on any atom is 0.164 e. The van der Waals surface area contributed by atoms with E-state index in [4.69, 9.17) is 14.3 Å². The molecule has 1 aliphatic carbocycles. The molecule has 17 heavy (non-hydrogen) atoms. The Morgan fingerprint density at radius 1 is 1.24 bits per heavy atom. The first kappa shape index (κ1) is 11.8. The molecule has 0 bridgehead atoms. The predicted molar refractivity (Wildman–Crippen MR) is 66.1 cm³/mol. The van der Waals surface area contributed by atoms with Crippen LogP contribution in [0.4, 0.5) is 0 Å². The molecule has 0 unspecified atom stereocenters. The van der Waals surface area contributed by atoms with Gasteiger partial charge in [-0.15, -0.1) is 0 Å². The van der Waals surface area contributed by atoms with Gasteiger partial charge in [-0.3, -0.25) is 0 Å². The fourth-order valence-corrected chi connectivity index (χ4v) is 2.36. The molecule has 92 valence electrons. The van der Waals surface area contributed by atoms with Crippen LogP contribution in [0, 0.1) is 0 Å². The standard InChI is InChI=1S/C13H17NO3/c1-15-12-7-6-10-9(8-14-17-3)4-5-11(10)13(12)16-2/h6-9H,4-5H2,1-3H3/b14-8-/t9-/m0/s1. The molecule has 0 heterocycles. The minimum absolute atomic E-state index is 0.310. The first-order valence-corrected chi connectivity index (χ1v) is 5.62. The van der Waals surface area contributed by atoms with Crippen LogP contribution in [-0.4, -0.2) is 27.5 Å². The highest BCUT2D eigenvalue weighted by atomic mass is 16.6. The minimum atomic E-state index is 0.310. The molecule has 1 aromatic carbocycles. The van der Waals surface area contributed by atoms with Gasteiger partial charge in [-0.25, -0.2) is 0 Å². The molecule has 0 aliphatic heterocycles. The maximum atomic E-state index is 5.43. The molecule has 0 saturated heterocycles. The van der Waals surface area contributed by atoms with E-state index in [-0.39, 0.29) is 0 Å². The molecule has 0 aromatic heterocycles. The van der Waals surface area contributed by atoms with Crippen molar-refractivity contribution in [1.29, 1.82) is 0 Å². The van der Waals surface area contributed by atoms with Gasteiger partial charge in [0.05, 0.1) is 20.4 Å². The summed E-state index contributed by atoms with van der Waals surface area (Å²) in [4.78, 5) is 4.73. The van der Waals surface area contributed by atoms with Gasteiger partial charge in [-0.05, 0) is 24.5 Å². The molecule has 0 N–H and O–H groups in total. The van der Waals surface area contributed by atoms with E-state index in [9.17, 15) is 0 Å². The first-order valence-electron chi connectivity index (χ1n) is 5.62. The summed E-state index contributed by atoms with van der Waals surface area (Å²) in [6.07, 6.45) is 3.86. The lowest BCUT2D eigenvalue weighted by molar-refractivity contribution is 0.214. The zero-order chi connectivity index (χ0) is 12.3. The Hall–Kier alpha value is -1.71. The third-order valence-corrected chi connectivity index (χ3v) is 3.14. The van der Waals surface area contributed by atoms with Crippen LogP contribution in [0.2, 0.25) is 0 Å². The van der Waals surface area contributed by atoms with Gasteiger partial charge in [0.1, 0.15) is 7.11 Å². The number of rotatable bonds is 4. The molecule has 1 atom stereocenters. The van der Waals surface area contributed by atoms with Crippen LogP contribution < -0.4 is 9.47 Å². The zero-order valence-corrected chi connectivity index (χ0v) is 10.4. The third-order valence-electron chi connectivity index (χ3n) is 3.14.